The highest BCUT2D eigenvalue weighted by Crippen LogP contribution is 2.19. The molecule has 0 bridgehead atoms. The second-order valence-corrected chi connectivity index (χ2v) is 8.14. The van der Waals surface area contributed by atoms with E-state index in [9.17, 15) is 23.2 Å². The van der Waals surface area contributed by atoms with Crippen LogP contribution < -0.4 is 16.0 Å². The van der Waals surface area contributed by atoms with E-state index in [-0.39, 0.29) is 30.8 Å². The van der Waals surface area contributed by atoms with Crippen molar-refractivity contribution in [2.45, 2.75) is 38.3 Å². The summed E-state index contributed by atoms with van der Waals surface area (Å²) in [5, 5.41) is 8.24. The number of benzene rings is 1. The first-order valence-electron chi connectivity index (χ1n) is 10.7. The van der Waals surface area contributed by atoms with Crippen molar-refractivity contribution in [1.82, 2.24) is 20.5 Å². The minimum atomic E-state index is -0.718. The average molecular weight is 459 g/mol. The lowest BCUT2D eigenvalue weighted by atomic mass is 9.96. The molecule has 0 aliphatic carbocycles. The van der Waals surface area contributed by atoms with Gasteiger partial charge in [0.05, 0.1) is 11.9 Å². The monoisotopic (exact) mass is 459 g/mol. The minimum Gasteiger partial charge on any atom is -0.352 e. The summed E-state index contributed by atoms with van der Waals surface area (Å²) >= 11 is 0. The van der Waals surface area contributed by atoms with E-state index in [1.54, 1.807) is 25.4 Å². The standard InChI is InChI=1S/C23H27F2N5O3/c1-30-14-20(29-23(33)28-19-6-3-7-26-13-19)5-2-4-16(10-21(30)31)22(32)27-12-15-8-17(24)11-18(25)9-15/h3,6-9,11,13,16,20H,2,4-5,10,12,14H2,1H3,(H,27,32)(H2,28,29,33)/t16-,20-/m1/s1. The lowest BCUT2D eigenvalue weighted by Gasteiger charge is -2.24. The van der Waals surface area contributed by atoms with Gasteiger partial charge in [0.2, 0.25) is 11.8 Å². The second kappa shape index (κ2) is 11.3. The predicted octanol–water partition coefficient (Wildman–Crippen LogP) is 2.81. The lowest BCUT2D eigenvalue weighted by molar-refractivity contribution is -0.135. The summed E-state index contributed by atoms with van der Waals surface area (Å²) in [5.74, 6) is -2.56. The molecule has 2 aromatic rings. The number of anilines is 1. The van der Waals surface area contributed by atoms with E-state index in [0.717, 1.165) is 18.2 Å². The van der Waals surface area contributed by atoms with Gasteiger partial charge in [-0.3, -0.25) is 14.6 Å². The maximum Gasteiger partial charge on any atom is 0.319 e. The molecule has 0 unspecified atom stereocenters. The van der Waals surface area contributed by atoms with Crippen LogP contribution in [-0.4, -0.2) is 47.4 Å². The molecule has 33 heavy (non-hydrogen) atoms. The molecule has 1 aromatic carbocycles. The maximum absolute atomic E-state index is 13.4. The van der Waals surface area contributed by atoms with E-state index in [1.165, 1.54) is 11.1 Å². The number of carbonyl (C=O) groups is 3. The van der Waals surface area contributed by atoms with Gasteiger partial charge in [-0.2, -0.15) is 0 Å². The molecule has 0 saturated carbocycles. The number of urea groups is 1. The van der Waals surface area contributed by atoms with Gasteiger partial charge >= 0.3 is 6.03 Å². The molecule has 4 amide bonds. The molecule has 176 valence electrons. The molecule has 1 saturated heterocycles. The van der Waals surface area contributed by atoms with Crippen molar-refractivity contribution in [3.63, 3.8) is 0 Å². The van der Waals surface area contributed by atoms with E-state index in [0.29, 0.717) is 37.1 Å². The molecule has 0 spiro atoms. The molecular formula is C23H27F2N5O3. The molecule has 10 heteroatoms. The maximum atomic E-state index is 13.4. The fourth-order valence-corrected chi connectivity index (χ4v) is 3.78. The zero-order chi connectivity index (χ0) is 23.8. The van der Waals surface area contributed by atoms with Gasteiger partial charge in [-0.1, -0.05) is 6.42 Å². The van der Waals surface area contributed by atoms with Crippen LogP contribution in [0.15, 0.2) is 42.7 Å². The molecular weight excluding hydrogens is 432 g/mol. The molecule has 1 aliphatic rings. The minimum absolute atomic E-state index is 0.0223. The Morgan fingerprint density at radius 2 is 1.94 bits per heavy atom. The molecule has 1 aromatic heterocycles. The van der Waals surface area contributed by atoms with Crippen molar-refractivity contribution < 1.29 is 23.2 Å². The van der Waals surface area contributed by atoms with Crippen LogP contribution in [0.1, 0.15) is 31.2 Å². The third-order valence-electron chi connectivity index (χ3n) is 5.46. The van der Waals surface area contributed by atoms with Crippen LogP contribution in [0.5, 0.6) is 0 Å². The summed E-state index contributed by atoms with van der Waals surface area (Å²) in [6.07, 6.45) is 4.80. The van der Waals surface area contributed by atoms with Gasteiger partial charge in [0.15, 0.2) is 0 Å². The number of carbonyl (C=O) groups excluding carboxylic acids is 3. The van der Waals surface area contributed by atoms with E-state index in [1.807, 2.05) is 0 Å². The predicted molar refractivity (Wildman–Crippen MR) is 118 cm³/mol. The Kier molecular flexibility index (Phi) is 8.28. The normalized spacial score (nSPS) is 19.1. The summed E-state index contributed by atoms with van der Waals surface area (Å²) in [4.78, 5) is 43.1. The SMILES string of the molecule is CN1C[C@H](NC(=O)Nc2cccnc2)CCC[C@@H](C(=O)NCc2cc(F)cc(F)c2)CC1=O. The number of halogens is 2. The quantitative estimate of drug-likeness (QED) is 0.640. The number of rotatable bonds is 5. The Labute approximate surface area is 190 Å². The summed E-state index contributed by atoms with van der Waals surface area (Å²) < 4.78 is 26.7. The zero-order valence-corrected chi connectivity index (χ0v) is 18.3. The molecule has 1 fully saturated rings. The summed E-state index contributed by atoms with van der Waals surface area (Å²) in [7, 11) is 1.63. The second-order valence-electron chi connectivity index (χ2n) is 8.14. The summed E-state index contributed by atoms with van der Waals surface area (Å²) in [6, 6.07) is 5.80. The van der Waals surface area contributed by atoms with Gasteiger partial charge in [0.1, 0.15) is 11.6 Å². The van der Waals surface area contributed by atoms with Crippen molar-refractivity contribution in [1.29, 1.82) is 0 Å². The summed E-state index contributed by atoms with van der Waals surface area (Å²) in [5.41, 5.74) is 0.855. The number of hydrogen-bond donors (Lipinski definition) is 3. The van der Waals surface area contributed by atoms with E-state index >= 15 is 0 Å². The van der Waals surface area contributed by atoms with Crippen molar-refractivity contribution in [3.8, 4) is 0 Å². The van der Waals surface area contributed by atoms with Gasteiger partial charge in [0.25, 0.3) is 0 Å². The third-order valence-corrected chi connectivity index (χ3v) is 5.46. The smallest absolute Gasteiger partial charge is 0.319 e. The number of pyridine rings is 1. The van der Waals surface area contributed by atoms with Crippen LogP contribution in [0.4, 0.5) is 19.3 Å². The van der Waals surface area contributed by atoms with Crippen LogP contribution in [0.25, 0.3) is 0 Å². The zero-order valence-electron chi connectivity index (χ0n) is 18.3. The first-order chi connectivity index (χ1) is 15.8. The fourth-order valence-electron chi connectivity index (χ4n) is 3.78. The highest BCUT2D eigenvalue weighted by Gasteiger charge is 2.27. The number of hydrogen-bond acceptors (Lipinski definition) is 4. The van der Waals surface area contributed by atoms with Crippen LogP contribution in [-0.2, 0) is 16.1 Å². The highest BCUT2D eigenvalue weighted by atomic mass is 19.1. The summed E-state index contributed by atoms with van der Waals surface area (Å²) in [6.45, 7) is 0.281. The number of amides is 4. The van der Waals surface area contributed by atoms with Crippen molar-refractivity contribution >= 4 is 23.5 Å². The molecule has 8 nitrogen and oxygen atoms in total. The van der Waals surface area contributed by atoms with E-state index in [4.69, 9.17) is 0 Å². The van der Waals surface area contributed by atoms with Gasteiger partial charge in [0, 0.05) is 50.8 Å². The molecule has 3 rings (SSSR count). The molecule has 2 atom stereocenters. The van der Waals surface area contributed by atoms with Crippen LogP contribution in [0, 0.1) is 17.6 Å². The Bertz CT molecular complexity index is 969. The topological polar surface area (TPSA) is 103 Å². The Hall–Kier alpha value is -3.56. The van der Waals surface area contributed by atoms with Crippen LogP contribution in [0.2, 0.25) is 0 Å². The third kappa shape index (κ3) is 7.51. The van der Waals surface area contributed by atoms with Crippen molar-refractivity contribution in [3.05, 3.63) is 59.9 Å². The van der Waals surface area contributed by atoms with Gasteiger partial charge in [-0.15, -0.1) is 0 Å². The van der Waals surface area contributed by atoms with Gasteiger partial charge < -0.3 is 20.9 Å². The lowest BCUT2D eigenvalue weighted by Crippen LogP contribution is -2.45. The first kappa shape index (κ1) is 24.1. The first-order valence-corrected chi connectivity index (χ1v) is 10.7. The number of nitrogens with zero attached hydrogens (tertiary/aromatic N) is 2. The van der Waals surface area contributed by atoms with E-state index in [2.05, 4.69) is 20.9 Å². The van der Waals surface area contributed by atoms with Crippen LogP contribution >= 0.6 is 0 Å². The van der Waals surface area contributed by atoms with Crippen molar-refractivity contribution in [2.75, 3.05) is 18.9 Å². The highest BCUT2D eigenvalue weighted by molar-refractivity contribution is 5.89. The van der Waals surface area contributed by atoms with E-state index < -0.39 is 23.6 Å². The molecule has 0 radical (unpaired) electrons. The number of aromatic nitrogens is 1. The number of nitrogens with one attached hydrogen (secondary N) is 3. The van der Waals surface area contributed by atoms with Gasteiger partial charge in [-0.05, 0) is 42.7 Å². The Balaban J connectivity index is 1.55. The molecule has 2 heterocycles. The fraction of sp³-hybridized carbons (Fsp3) is 0.391. The Morgan fingerprint density at radius 1 is 1.18 bits per heavy atom. The van der Waals surface area contributed by atoms with Crippen molar-refractivity contribution in [2.24, 2.45) is 5.92 Å². The number of likely N-dealkylation sites (N-methyl/N-ethyl adjacent to an activating group) is 1. The van der Waals surface area contributed by atoms with Gasteiger partial charge in [-0.25, -0.2) is 13.6 Å². The van der Waals surface area contributed by atoms with Crippen LogP contribution in [0.3, 0.4) is 0 Å². The molecule has 1 aliphatic heterocycles. The Morgan fingerprint density at radius 3 is 2.64 bits per heavy atom. The average Bonchev–Trinajstić information content (AvgIpc) is 2.82. The largest absolute Gasteiger partial charge is 0.352 e. The molecule has 3 N–H and O–H groups in total.